The molecule has 0 heterocycles. The highest BCUT2D eigenvalue weighted by Crippen LogP contribution is 2.19. The van der Waals surface area contributed by atoms with Gasteiger partial charge in [-0.25, -0.2) is 0 Å². The van der Waals surface area contributed by atoms with Gasteiger partial charge in [0.25, 0.3) is 0 Å². The molecular formula is C77H138O6. The van der Waals surface area contributed by atoms with Crippen LogP contribution in [0.25, 0.3) is 0 Å². The minimum Gasteiger partial charge on any atom is -0.462 e. The molecule has 0 aromatic carbocycles. The number of carbonyl (C=O) groups excluding carboxylic acids is 3. The van der Waals surface area contributed by atoms with Crippen LogP contribution >= 0.6 is 0 Å². The molecule has 0 N–H and O–H groups in total. The van der Waals surface area contributed by atoms with Crippen LogP contribution in [0.4, 0.5) is 0 Å². The lowest BCUT2D eigenvalue weighted by Crippen LogP contribution is -2.30. The number of hydrogen-bond acceptors (Lipinski definition) is 6. The Labute approximate surface area is 516 Å². The fraction of sp³-hybridized carbons (Fsp3) is 0.805. The summed E-state index contributed by atoms with van der Waals surface area (Å²) in [6, 6.07) is 0. The van der Waals surface area contributed by atoms with Gasteiger partial charge in [0, 0.05) is 19.3 Å². The van der Waals surface area contributed by atoms with Gasteiger partial charge < -0.3 is 14.2 Å². The molecule has 0 radical (unpaired) electrons. The standard InChI is InChI=1S/C77H138O6/c1-4-7-10-13-16-18-20-22-24-26-28-30-32-34-36-37-38-39-41-42-44-46-48-50-52-54-56-58-61-64-67-70-76(79)82-73-74(72-81-75(78)69-66-63-60-15-12-9-6-3)83-77(80)71-68-65-62-59-57-55-53-51-49-47-45-43-40-35-33-31-29-27-25-23-21-19-17-14-11-8-5-2/h8,11,17,19,23,25,29,31,35,40,45,47,74H,4-7,9-10,12-16,18,20-22,24,26-28,30,32-34,36-39,41-44,46,48-73H2,1-3H3/b11-8-,19-17-,25-23-,31-29-,40-35-,47-45-. The van der Waals surface area contributed by atoms with Crippen molar-refractivity contribution < 1.29 is 28.6 Å². The average molecular weight is 1160 g/mol. The average Bonchev–Trinajstić information content (AvgIpc) is 3.49. The smallest absolute Gasteiger partial charge is 0.306 e. The Morgan fingerprint density at radius 3 is 0.735 bits per heavy atom. The van der Waals surface area contributed by atoms with E-state index in [0.717, 1.165) is 103 Å². The van der Waals surface area contributed by atoms with Gasteiger partial charge in [0.2, 0.25) is 0 Å². The maximum Gasteiger partial charge on any atom is 0.306 e. The lowest BCUT2D eigenvalue weighted by molar-refractivity contribution is -0.167. The molecule has 482 valence electrons. The Hall–Kier alpha value is -3.15. The molecule has 0 aliphatic heterocycles. The Bertz CT molecular complexity index is 1520. The minimum absolute atomic E-state index is 0.0744. The molecule has 0 saturated heterocycles. The molecule has 0 fully saturated rings. The zero-order valence-corrected chi connectivity index (χ0v) is 55.5. The highest BCUT2D eigenvalue weighted by molar-refractivity contribution is 5.71. The molecule has 0 aromatic rings. The zero-order chi connectivity index (χ0) is 59.9. The number of unbranched alkanes of at least 4 members (excludes halogenated alkanes) is 44. The van der Waals surface area contributed by atoms with Crippen LogP contribution in [0, 0.1) is 0 Å². The number of esters is 3. The van der Waals surface area contributed by atoms with Gasteiger partial charge in [-0.05, 0) is 70.6 Å². The second kappa shape index (κ2) is 71.3. The largest absolute Gasteiger partial charge is 0.462 e. The quantitative estimate of drug-likeness (QED) is 0.0261. The van der Waals surface area contributed by atoms with Crippen LogP contribution in [0.1, 0.15) is 380 Å². The molecule has 0 spiro atoms. The third-order valence-corrected chi connectivity index (χ3v) is 16.2. The van der Waals surface area contributed by atoms with Crippen molar-refractivity contribution in [2.45, 2.75) is 386 Å². The van der Waals surface area contributed by atoms with Crippen molar-refractivity contribution in [1.82, 2.24) is 0 Å². The Morgan fingerprint density at radius 2 is 0.470 bits per heavy atom. The van der Waals surface area contributed by atoms with Crippen molar-refractivity contribution in [2.24, 2.45) is 0 Å². The summed E-state index contributed by atoms with van der Waals surface area (Å²) in [4.78, 5) is 38.2. The molecule has 1 unspecified atom stereocenters. The van der Waals surface area contributed by atoms with Crippen LogP contribution in [0.3, 0.4) is 0 Å². The van der Waals surface area contributed by atoms with Crippen molar-refractivity contribution >= 4 is 17.9 Å². The summed E-state index contributed by atoms with van der Waals surface area (Å²) >= 11 is 0. The lowest BCUT2D eigenvalue weighted by Gasteiger charge is -2.18. The highest BCUT2D eigenvalue weighted by Gasteiger charge is 2.19. The lowest BCUT2D eigenvalue weighted by atomic mass is 10.0. The van der Waals surface area contributed by atoms with Crippen molar-refractivity contribution in [3.8, 4) is 0 Å². The SMILES string of the molecule is CC/C=C\C/C=C\C/C=C\C/C=C\C/C=C\C/C=C\CCCCCCCCCCC(=O)OC(COC(=O)CCCCCCCCC)COC(=O)CCCCCCCCCCCCCCCCCCCCCCCCCCCCCCCCC. The van der Waals surface area contributed by atoms with Gasteiger partial charge in [-0.2, -0.15) is 0 Å². The molecule has 6 heteroatoms. The number of allylic oxidation sites excluding steroid dienone is 12. The Kier molecular flexibility index (Phi) is 68.6. The second-order valence-corrected chi connectivity index (χ2v) is 24.5. The molecular weight excluding hydrogens is 1020 g/mol. The first-order valence-corrected chi connectivity index (χ1v) is 36.4. The summed E-state index contributed by atoms with van der Waals surface area (Å²) in [5.74, 6) is -0.870. The highest BCUT2D eigenvalue weighted by atomic mass is 16.6. The van der Waals surface area contributed by atoms with Gasteiger partial charge in [-0.1, -0.05) is 363 Å². The van der Waals surface area contributed by atoms with Crippen LogP contribution in [0.15, 0.2) is 72.9 Å². The summed E-state index contributed by atoms with van der Waals surface area (Å²) in [5.41, 5.74) is 0. The molecule has 83 heavy (non-hydrogen) atoms. The van der Waals surface area contributed by atoms with Gasteiger partial charge in [0.15, 0.2) is 6.10 Å². The summed E-state index contributed by atoms with van der Waals surface area (Å²) in [5, 5.41) is 0. The molecule has 0 saturated carbocycles. The van der Waals surface area contributed by atoms with E-state index >= 15 is 0 Å². The van der Waals surface area contributed by atoms with Crippen molar-refractivity contribution in [2.75, 3.05) is 13.2 Å². The van der Waals surface area contributed by atoms with E-state index in [2.05, 4.69) is 93.7 Å². The maximum absolute atomic E-state index is 12.9. The van der Waals surface area contributed by atoms with Crippen molar-refractivity contribution in [1.29, 1.82) is 0 Å². The van der Waals surface area contributed by atoms with E-state index in [1.165, 1.54) is 238 Å². The molecule has 0 amide bonds. The molecule has 1 atom stereocenters. The van der Waals surface area contributed by atoms with Gasteiger partial charge in [-0.3, -0.25) is 14.4 Å². The van der Waals surface area contributed by atoms with Crippen LogP contribution < -0.4 is 0 Å². The minimum atomic E-state index is -0.777. The van der Waals surface area contributed by atoms with E-state index in [0.29, 0.717) is 19.3 Å². The van der Waals surface area contributed by atoms with E-state index in [1.807, 2.05) is 0 Å². The summed E-state index contributed by atoms with van der Waals surface area (Å²) in [6.45, 7) is 6.53. The van der Waals surface area contributed by atoms with Crippen LogP contribution in [0.2, 0.25) is 0 Å². The number of carbonyl (C=O) groups is 3. The normalized spacial score (nSPS) is 12.5. The van der Waals surface area contributed by atoms with E-state index in [1.54, 1.807) is 0 Å². The first-order valence-electron chi connectivity index (χ1n) is 36.4. The van der Waals surface area contributed by atoms with Gasteiger partial charge in [0.1, 0.15) is 13.2 Å². The monoisotopic (exact) mass is 1160 g/mol. The summed E-state index contributed by atoms with van der Waals surface area (Å²) < 4.78 is 16.9. The van der Waals surface area contributed by atoms with E-state index in [-0.39, 0.29) is 31.1 Å². The molecule has 0 aliphatic carbocycles. The van der Waals surface area contributed by atoms with E-state index in [9.17, 15) is 14.4 Å². The molecule has 6 nitrogen and oxygen atoms in total. The number of hydrogen-bond donors (Lipinski definition) is 0. The molecule has 0 aliphatic rings. The fourth-order valence-corrected chi connectivity index (χ4v) is 10.8. The summed E-state index contributed by atoms with van der Waals surface area (Å²) in [6.07, 6.45) is 94.1. The number of rotatable bonds is 67. The van der Waals surface area contributed by atoms with E-state index < -0.39 is 6.10 Å². The Balaban J connectivity index is 4.04. The van der Waals surface area contributed by atoms with Crippen molar-refractivity contribution in [3.63, 3.8) is 0 Å². The van der Waals surface area contributed by atoms with Crippen molar-refractivity contribution in [3.05, 3.63) is 72.9 Å². The first-order chi connectivity index (χ1) is 41.0. The predicted octanol–water partition coefficient (Wildman–Crippen LogP) is 25.2. The maximum atomic E-state index is 12.9. The number of ether oxygens (including phenoxy) is 3. The third kappa shape index (κ3) is 69.5. The van der Waals surface area contributed by atoms with Crippen LogP contribution in [-0.4, -0.2) is 37.2 Å². The molecule has 0 rings (SSSR count). The fourth-order valence-electron chi connectivity index (χ4n) is 10.8. The van der Waals surface area contributed by atoms with E-state index in [4.69, 9.17) is 14.2 Å². The zero-order valence-electron chi connectivity index (χ0n) is 55.5. The van der Waals surface area contributed by atoms with Gasteiger partial charge in [-0.15, -0.1) is 0 Å². The van der Waals surface area contributed by atoms with Gasteiger partial charge >= 0.3 is 17.9 Å². The Morgan fingerprint density at radius 1 is 0.253 bits per heavy atom. The predicted molar refractivity (Wildman–Crippen MR) is 362 cm³/mol. The third-order valence-electron chi connectivity index (χ3n) is 16.2. The van der Waals surface area contributed by atoms with Crippen LogP contribution in [-0.2, 0) is 28.6 Å². The summed E-state index contributed by atoms with van der Waals surface area (Å²) in [7, 11) is 0. The first kappa shape index (κ1) is 79.8. The second-order valence-electron chi connectivity index (χ2n) is 24.5. The topological polar surface area (TPSA) is 78.9 Å². The van der Waals surface area contributed by atoms with Gasteiger partial charge in [0.05, 0.1) is 0 Å². The molecule has 0 bridgehead atoms. The van der Waals surface area contributed by atoms with Crippen LogP contribution in [0.5, 0.6) is 0 Å². The molecule has 0 aromatic heterocycles.